The highest BCUT2D eigenvalue weighted by Crippen LogP contribution is 1.98. The minimum Gasteiger partial charge on any atom is -0.480 e. The zero-order valence-electron chi connectivity index (χ0n) is 26.6. The third-order valence-corrected chi connectivity index (χ3v) is 6.60. The van der Waals surface area contributed by atoms with Gasteiger partial charge in [0.25, 0.3) is 0 Å². The number of nitrogens with zero attached hydrogens (tertiary/aromatic N) is 3. The Balaban J connectivity index is 4.78. The van der Waals surface area contributed by atoms with Crippen LogP contribution in [0.4, 0.5) is 0 Å². The average molecular weight is 648 g/mol. The third-order valence-electron chi connectivity index (χ3n) is 6.60. The number of hydrogen-bond acceptors (Lipinski definition) is 12. The number of rotatable bonds is 32. The molecular weight excluding hydrogens is 590 g/mol. The fourth-order valence-electron chi connectivity index (χ4n) is 4.27. The molecule has 0 heterocycles. The average Bonchev–Trinajstić information content (AvgIpc) is 2.96. The Morgan fingerprint density at radius 1 is 0.444 bits per heavy atom. The molecule has 0 aliphatic rings. The molecule has 45 heavy (non-hydrogen) atoms. The van der Waals surface area contributed by atoms with Gasteiger partial charge in [0.15, 0.2) is 0 Å². The fourth-order valence-corrected chi connectivity index (χ4v) is 4.27. The van der Waals surface area contributed by atoms with Gasteiger partial charge in [-0.15, -0.1) is 0 Å². The van der Waals surface area contributed by atoms with Crippen LogP contribution in [0.25, 0.3) is 0 Å². The molecule has 2 amide bonds. The van der Waals surface area contributed by atoms with Crippen LogP contribution in [0.15, 0.2) is 0 Å². The Bertz CT molecular complexity index is 780. The van der Waals surface area contributed by atoms with Gasteiger partial charge in [-0.05, 0) is 77.8 Å². The van der Waals surface area contributed by atoms with E-state index in [2.05, 4.69) is 21.3 Å². The first-order valence-electron chi connectivity index (χ1n) is 15.7. The highest BCUT2D eigenvalue weighted by atomic mass is 16.4. The number of carboxylic acid groups (broad SMARTS) is 3. The molecular formula is C28H57N9O8. The van der Waals surface area contributed by atoms with E-state index >= 15 is 0 Å². The Hall–Kier alpha value is -2.93. The van der Waals surface area contributed by atoms with Crippen molar-refractivity contribution in [1.82, 2.24) is 36.0 Å². The van der Waals surface area contributed by atoms with Gasteiger partial charge in [-0.2, -0.15) is 0 Å². The molecule has 0 aromatic heterocycles. The van der Waals surface area contributed by atoms with Crippen LogP contribution in [0.3, 0.4) is 0 Å². The Kier molecular flexibility index (Phi) is 26.7. The lowest BCUT2D eigenvalue weighted by molar-refractivity contribution is -0.141. The second-order valence-corrected chi connectivity index (χ2v) is 10.8. The molecule has 0 bridgehead atoms. The Morgan fingerprint density at radius 2 is 0.756 bits per heavy atom. The molecule has 0 atom stereocenters. The van der Waals surface area contributed by atoms with Gasteiger partial charge in [0.05, 0.1) is 32.7 Å². The lowest BCUT2D eigenvalue weighted by Gasteiger charge is -2.28. The van der Waals surface area contributed by atoms with Crippen molar-refractivity contribution < 1.29 is 39.3 Å². The first-order chi connectivity index (χ1) is 21.6. The SMILES string of the molecule is NCCCNCCCCNC(=O)CN(CCN(CCN(CC(=O)O)CC(=O)NCCCCNCCCN)CC(=O)O)CC(=O)O. The predicted octanol–water partition coefficient (Wildman–Crippen LogP) is -3.18. The van der Waals surface area contributed by atoms with E-state index in [4.69, 9.17) is 11.5 Å². The summed E-state index contributed by atoms with van der Waals surface area (Å²) in [5.74, 6) is -4.04. The van der Waals surface area contributed by atoms with Crippen LogP contribution in [-0.4, -0.2) is 171 Å². The zero-order valence-corrected chi connectivity index (χ0v) is 26.6. The van der Waals surface area contributed by atoms with Crippen LogP contribution >= 0.6 is 0 Å². The number of unbranched alkanes of at least 4 members (excludes halogenated alkanes) is 2. The highest BCUT2D eigenvalue weighted by molar-refractivity contribution is 5.79. The Labute approximate surface area is 266 Å². The number of nitrogens with two attached hydrogens (primary N) is 2. The normalized spacial score (nSPS) is 11.3. The third kappa shape index (κ3) is 28.3. The largest absolute Gasteiger partial charge is 0.480 e. The molecule has 0 saturated heterocycles. The van der Waals surface area contributed by atoms with E-state index in [0.717, 1.165) is 64.7 Å². The molecule has 0 aromatic rings. The van der Waals surface area contributed by atoms with E-state index in [1.165, 1.54) is 14.7 Å². The van der Waals surface area contributed by atoms with E-state index in [1.54, 1.807) is 0 Å². The topological polar surface area (TPSA) is 256 Å². The van der Waals surface area contributed by atoms with Gasteiger partial charge in [-0.25, -0.2) is 0 Å². The van der Waals surface area contributed by atoms with E-state index in [9.17, 15) is 39.3 Å². The second-order valence-electron chi connectivity index (χ2n) is 10.8. The number of carboxylic acids is 3. The predicted molar refractivity (Wildman–Crippen MR) is 170 cm³/mol. The number of aliphatic carboxylic acids is 3. The molecule has 262 valence electrons. The molecule has 0 saturated carbocycles. The summed E-state index contributed by atoms with van der Waals surface area (Å²) in [6.45, 7) is 4.34. The van der Waals surface area contributed by atoms with E-state index < -0.39 is 31.0 Å². The minimum atomic E-state index is -1.13. The summed E-state index contributed by atoms with van der Waals surface area (Å²) < 4.78 is 0. The maximum absolute atomic E-state index is 12.4. The Morgan fingerprint density at radius 3 is 1.11 bits per heavy atom. The molecule has 17 heteroatoms. The molecule has 0 spiro atoms. The van der Waals surface area contributed by atoms with Gasteiger partial charge in [-0.3, -0.25) is 38.7 Å². The van der Waals surface area contributed by atoms with Crippen molar-refractivity contribution in [2.24, 2.45) is 11.5 Å². The van der Waals surface area contributed by atoms with Crippen molar-refractivity contribution in [2.75, 3.05) is 111 Å². The van der Waals surface area contributed by atoms with Gasteiger partial charge in [0.2, 0.25) is 11.8 Å². The number of carbonyl (C=O) groups is 5. The quantitative estimate of drug-likeness (QED) is 0.0326. The van der Waals surface area contributed by atoms with Crippen molar-refractivity contribution in [2.45, 2.75) is 38.5 Å². The van der Waals surface area contributed by atoms with Crippen LogP contribution < -0.4 is 32.7 Å². The molecule has 0 radical (unpaired) electrons. The molecule has 0 rings (SSSR count). The van der Waals surface area contributed by atoms with Gasteiger partial charge >= 0.3 is 17.9 Å². The minimum absolute atomic E-state index is 0.0958. The summed E-state index contributed by atoms with van der Waals surface area (Å²) in [5, 5.41) is 40.1. The molecule has 17 nitrogen and oxygen atoms in total. The van der Waals surface area contributed by atoms with Crippen LogP contribution in [0, 0.1) is 0 Å². The summed E-state index contributed by atoms with van der Waals surface area (Å²) in [7, 11) is 0. The smallest absolute Gasteiger partial charge is 0.317 e. The zero-order chi connectivity index (χ0) is 33.7. The van der Waals surface area contributed by atoms with Crippen molar-refractivity contribution in [3.8, 4) is 0 Å². The monoisotopic (exact) mass is 647 g/mol. The van der Waals surface area contributed by atoms with Crippen molar-refractivity contribution in [3.05, 3.63) is 0 Å². The summed E-state index contributed by atoms with van der Waals surface area (Å²) in [4.78, 5) is 63.5. The number of hydrogen-bond donors (Lipinski definition) is 9. The lowest BCUT2D eigenvalue weighted by atomic mass is 10.3. The summed E-state index contributed by atoms with van der Waals surface area (Å²) in [6.07, 6.45) is 5.03. The van der Waals surface area contributed by atoms with Crippen LogP contribution in [0.1, 0.15) is 38.5 Å². The summed E-state index contributed by atoms with van der Waals surface area (Å²) in [5.41, 5.74) is 10.9. The summed E-state index contributed by atoms with van der Waals surface area (Å²) >= 11 is 0. The second kappa shape index (κ2) is 28.5. The van der Waals surface area contributed by atoms with Crippen LogP contribution in [0.2, 0.25) is 0 Å². The molecule has 0 aliphatic heterocycles. The number of nitrogens with one attached hydrogen (secondary N) is 4. The lowest BCUT2D eigenvalue weighted by Crippen LogP contribution is -2.47. The maximum atomic E-state index is 12.4. The van der Waals surface area contributed by atoms with E-state index in [1.807, 2.05) is 0 Å². The highest BCUT2D eigenvalue weighted by Gasteiger charge is 2.19. The molecule has 11 N–H and O–H groups in total. The number of amides is 2. The molecule has 0 fully saturated rings. The molecule has 0 aromatic carbocycles. The van der Waals surface area contributed by atoms with Crippen molar-refractivity contribution >= 4 is 29.7 Å². The number of carbonyl (C=O) groups excluding carboxylic acids is 2. The molecule has 0 unspecified atom stereocenters. The van der Waals surface area contributed by atoms with Crippen molar-refractivity contribution in [1.29, 1.82) is 0 Å². The summed E-state index contributed by atoms with van der Waals surface area (Å²) in [6, 6.07) is 0. The van der Waals surface area contributed by atoms with E-state index in [-0.39, 0.29) is 57.6 Å². The van der Waals surface area contributed by atoms with Gasteiger partial charge < -0.3 is 48.1 Å². The van der Waals surface area contributed by atoms with Crippen LogP contribution in [0.5, 0.6) is 0 Å². The maximum Gasteiger partial charge on any atom is 0.317 e. The van der Waals surface area contributed by atoms with Gasteiger partial charge in [-0.1, -0.05) is 0 Å². The first-order valence-corrected chi connectivity index (χ1v) is 15.7. The van der Waals surface area contributed by atoms with Crippen LogP contribution in [-0.2, 0) is 24.0 Å². The van der Waals surface area contributed by atoms with Gasteiger partial charge in [0, 0.05) is 39.3 Å². The fraction of sp³-hybridized carbons (Fsp3) is 0.821. The van der Waals surface area contributed by atoms with Crippen molar-refractivity contribution in [3.63, 3.8) is 0 Å². The van der Waals surface area contributed by atoms with Gasteiger partial charge in [0.1, 0.15) is 0 Å². The molecule has 0 aliphatic carbocycles. The standard InChI is InChI=1S/C28H57N9O8/c29-7-5-11-31-9-1-3-13-33-24(38)19-36(22-27(42)43)17-15-35(21-26(40)41)16-18-37(23-28(44)45)20-25(39)34-14-4-2-10-32-12-6-8-30/h31-32H,1-23,29-30H2,(H,33,38)(H,34,39)(H,40,41)(H,42,43)(H,44,45). The van der Waals surface area contributed by atoms with E-state index in [0.29, 0.717) is 26.2 Å². The first kappa shape index (κ1) is 42.1.